The molecule has 6 nitrogen and oxygen atoms in total. The van der Waals surface area contributed by atoms with Gasteiger partial charge in [0.2, 0.25) is 0 Å². The van der Waals surface area contributed by atoms with Gasteiger partial charge < -0.3 is 0 Å². The molecule has 0 atom stereocenters. The smallest absolute Gasteiger partial charge is 0.250 e. The third-order valence-electron chi connectivity index (χ3n) is 4.49. The van der Waals surface area contributed by atoms with Crippen LogP contribution in [-0.2, 0) is 4.79 Å². The second-order valence-corrected chi connectivity index (χ2v) is 8.72. The minimum absolute atomic E-state index is 0.150. The molecule has 0 radical (unpaired) electrons. The Labute approximate surface area is 204 Å². The molecule has 0 saturated carbocycles. The van der Waals surface area contributed by atoms with Crippen molar-refractivity contribution in [2.45, 2.75) is 5.16 Å². The van der Waals surface area contributed by atoms with E-state index in [4.69, 9.17) is 0 Å². The van der Waals surface area contributed by atoms with Gasteiger partial charge in [0.05, 0.1) is 12.0 Å². The summed E-state index contributed by atoms with van der Waals surface area (Å²) >= 11 is 4.74. The number of hydrogen-bond acceptors (Lipinski definition) is 5. The summed E-state index contributed by atoms with van der Waals surface area (Å²) in [5.74, 6) is 0.634. The summed E-state index contributed by atoms with van der Waals surface area (Å²) in [4.78, 5) is 12.3. The summed E-state index contributed by atoms with van der Waals surface area (Å²) in [7, 11) is 0. The Morgan fingerprint density at radius 3 is 2.27 bits per heavy atom. The molecule has 33 heavy (non-hydrogen) atoms. The minimum Gasteiger partial charge on any atom is -0.272 e. The number of allylic oxidation sites excluding steroid dienone is 1. The lowest BCUT2D eigenvalue weighted by molar-refractivity contribution is -0.118. The van der Waals surface area contributed by atoms with Crippen LogP contribution in [0, 0.1) is 0 Å². The maximum atomic E-state index is 12.3. The highest BCUT2D eigenvalue weighted by atomic mass is 79.9. The first-order chi connectivity index (χ1) is 16.2. The van der Waals surface area contributed by atoms with Gasteiger partial charge >= 0.3 is 0 Å². The molecule has 4 aromatic rings. The zero-order chi connectivity index (χ0) is 22.9. The molecular weight excluding hydrogens is 498 g/mol. The predicted octanol–water partition coefficient (Wildman–Crippen LogP) is 5.56. The van der Waals surface area contributed by atoms with Gasteiger partial charge in [0.15, 0.2) is 11.0 Å². The van der Waals surface area contributed by atoms with Crippen LogP contribution in [0.4, 0.5) is 0 Å². The Kier molecular flexibility index (Phi) is 7.84. The van der Waals surface area contributed by atoms with E-state index < -0.39 is 0 Å². The zero-order valence-electron chi connectivity index (χ0n) is 17.5. The summed E-state index contributed by atoms with van der Waals surface area (Å²) in [6.45, 7) is 0. The highest BCUT2D eigenvalue weighted by Crippen LogP contribution is 2.27. The zero-order valence-corrected chi connectivity index (χ0v) is 19.9. The maximum absolute atomic E-state index is 12.3. The highest BCUT2D eigenvalue weighted by molar-refractivity contribution is 9.12. The molecule has 1 amide bonds. The van der Waals surface area contributed by atoms with E-state index in [1.807, 2.05) is 102 Å². The first-order valence-electron chi connectivity index (χ1n) is 10.1. The normalized spacial score (nSPS) is 11.6. The fraction of sp³-hybridized carbons (Fsp3) is 0.0400. The monoisotopic (exact) mass is 517 g/mol. The van der Waals surface area contributed by atoms with Crippen molar-refractivity contribution < 1.29 is 4.79 Å². The van der Waals surface area contributed by atoms with E-state index in [2.05, 4.69) is 36.7 Å². The summed E-state index contributed by atoms with van der Waals surface area (Å²) in [6, 6.07) is 29.5. The number of nitrogens with zero attached hydrogens (tertiary/aromatic N) is 4. The Hall–Kier alpha value is -3.49. The Balaban J connectivity index is 1.43. The van der Waals surface area contributed by atoms with E-state index in [1.165, 1.54) is 11.8 Å². The molecule has 0 fully saturated rings. The van der Waals surface area contributed by atoms with Gasteiger partial charge in [-0.05, 0) is 39.7 Å². The Morgan fingerprint density at radius 2 is 1.58 bits per heavy atom. The van der Waals surface area contributed by atoms with Crippen LogP contribution in [0.1, 0.15) is 5.56 Å². The van der Waals surface area contributed by atoms with Crippen molar-refractivity contribution in [3.8, 4) is 17.1 Å². The molecule has 1 aromatic heterocycles. The Bertz CT molecular complexity index is 1260. The van der Waals surface area contributed by atoms with Crippen LogP contribution in [0.2, 0.25) is 0 Å². The molecule has 0 aliphatic carbocycles. The summed E-state index contributed by atoms with van der Waals surface area (Å²) in [5.41, 5.74) is 5.46. The number of hydrazone groups is 1. The number of aromatic nitrogens is 3. The topological polar surface area (TPSA) is 72.2 Å². The van der Waals surface area contributed by atoms with Crippen LogP contribution in [-0.4, -0.2) is 32.6 Å². The SMILES string of the molecule is O=C(CSc1nnc(-c2ccccc2)n1-c1ccccc1)N/N=C\C(Br)=C\c1ccccc1. The van der Waals surface area contributed by atoms with Crippen molar-refractivity contribution in [1.82, 2.24) is 20.2 Å². The fourth-order valence-corrected chi connectivity index (χ4v) is 4.13. The lowest BCUT2D eigenvalue weighted by Gasteiger charge is -2.10. The predicted molar refractivity (Wildman–Crippen MR) is 137 cm³/mol. The number of nitrogens with one attached hydrogen (secondary N) is 1. The van der Waals surface area contributed by atoms with Gasteiger partial charge in [-0.2, -0.15) is 5.10 Å². The molecule has 1 N–H and O–H groups in total. The number of para-hydroxylation sites is 1. The first-order valence-corrected chi connectivity index (χ1v) is 11.9. The molecule has 8 heteroatoms. The van der Waals surface area contributed by atoms with Crippen LogP contribution in [0.15, 0.2) is 106 Å². The summed E-state index contributed by atoms with van der Waals surface area (Å²) in [6.07, 6.45) is 3.47. The van der Waals surface area contributed by atoms with Crippen LogP contribution >= 0.6 is 27.7 Å². The molecule has 0 saturated heterocycles. The van der Waals surface area contributed by atoms with Crippen molar-refractivity contribution in [3.05, 3.63) is 101 Å². The molecule has 0 unspecified atom stereocenters. The fourth-order valence-electron chi connectivity index (χ4n) is 3.02. The number of hydrogen-bond donors (Lipinski definition) is 1. The molecule has 0 aliphatic heterocycles. The van der Waals surface area contributed by atoms with Gasteiger partial charge in [-0.1, -0.05) is 90.6 Å². The standard InChI is InChI=1S/C25H20BrN5OS/c26-21(16-19-10-4-1-5-11-19)17-27-28-23(32)18-33-25-30-29-24(20-12-6-2-7-13-20)31(25)22-14-8-3-9-15-22/h1-17H,18H2,(H,28,32)/b21-16-,27-17-. The maximum Gasteiger partial charge on any atom is 0.250 e. The highest BCUT2D eigenvalue weighted by Gasteiger charge is 2.16. The molecule has 4 rings (SSSR count). The molecule has 3 aromatic carbocycles. The van der Waals surface area contributed by atoms with E-state index in [0.717, 1.165) is 27.1 Å². The third-order valence-corrected chi connectivity index (χ3v) is 5.86. The van der Waals surface area contributed by atoms with Gasteiger partial charge in [0.1, 0.15) is 0 Å². The van der Waals surface area contributed by atoms with Gasteiger partial charge in [-0.3, -0.25) is 9.36 Å². The lowest BCUT2D eigenvalue weighted by atomic mass is 10.2. The van der Waals surface area contributed by atoms with E-state index >= 15 is 0 Å². The number of halogens is 1. The van der Waals surface area contributed by atoms with Crippen molar-refractivity contribution in [2.75, 3.05) is 5.75 Å². The molecule has 0 aliphatic rings. The molecule has 1 heterocycles. The number of thioether (sulfide) groups is 1. The second-order valence-electron chi connectivity index (χ2n) is 6.86. The van der Waals surface area contributed by atoms with Gasteiger partial charge in [-0.15, -0.1) is 10.2 Å². The van der Waals surface area contributed by atoms with Crippen LogP contribution in [0.5, 0.6) is 0 Å². The van der Waals surface area contributed by atoms with Crippen LogP contribution in [0.25, 0.3) is 23.2 Å². The largest absolute Gasteiger partial charge is 0.272 e. The van der Waals surface area contributed by atoms with Crippen molar-refractivity contribution >= 4 is 45.9 Å². The molecule has 0 spiro atoms. The van der Waals surface area contributed by atoms with Crippen molar-refractivity contribution in [1.29, 1.82) is 0 Å². The molecule has 164 valence electrons. The Morgan fingerprint density at radius 1 is 0.939 bits per heavy atom. The quantitative estimate of drug-likeness (QED) is 0.188. The number of amides is 1. The lowest BCUT2D eigenvalue weighted by Crippen LogP contribution is -2.19. The van der Waals surface area contributed by atoms with Crippen molar-refractivity contribution in [2.24, 2.45) is 5.10 Å². The average Bonchev–Trinajstić information content (AvgIpc) is 3.28. The van der Waals surface area contributed by atoms with E-state index in [0.29, 0.717) is 5.16 Å². The van der Waals surface area contributed by atoms with E-state index in [-0.39, 0.29) is 11.7 Å². The van der Waals surface area contributed by atoms with Crippen molar-refractivity contribution in [3.63, 3.8) is 0 Å². The molecule has 0 bridgehead atoms. The second kappa shape index (κ2) is 11.4. The third kappa shape index (κ3) is 6.27. The number of benzene rings is 3. The number of carbonyl (C=O) groups excluding carboxylic acids is 1. The van der Waals surface area contributed by atoms with E-state index in [9.17, 15) is 4.79 Å². The first kappa shape index (κ1) is 22.7. The molecular formula is C25H20BrN5OS. The average molecular weight is 518 g/mol. The van der Waals surface area contributed by atoms with Gasteiger partial charge in [-0.25, -0.2) is 5.43 Å². The van der Waals surface area contributed by atoms with E-state index in [1.54, 1.807) is 6.21 Å². The number of rotatable bonds is 8. The van der Waals surface area contributed by atoms with Crippen LogP contribution < -0.4 is 5.43 Å². The van der Waals surface area contributed by atoms with Crippen LogP contribution in [0.3, 0.4) is 0 Å². The summed E-state index contributed by atoms with van der Waals surface area (Å²) < 4.78 is 2.70. The van der Waals surface area contributed by atoms with Gasteiger partial charge in [0, 0.05) is 15.7 Å². The van der Waals surface area contributed by atoms with Gasteiger partial charge in [0.25, 0.3) is 5.91 Å². The minimum atomic E-state index is -0.236. The summed E-state index contributed by atoms with van der Waals surface area (Å²) in [5, 5.41) is 13.4. The number of carbonyl (C=O) groups is 1.